The average Bonchev–Trinajstić information content (AvgIpc) is 3.07. The van der Waals surface area contributed by atoms with Crippen LogP contribution in [-0.2, 0) is 35.2 Å². The molecule has 47 heavy (non-hydrogen) atoms. The zero-order valence-corrected chi connectivity index (χ0v) is 27.2. The summed E-state index contributed by atoms with van der Waals surface area (Å²) >= 11 is 0. The number of nitrogens with zero attached hydrogens (tertiary/aromatic N) is 3. The molecular formula is C32H52N6O9. The lowest BCUT2D eigenvalue weighted by Crippen LogP contribution is -2.31. The van der Waals surface area contributed by atoms with Gasteiger partial charge in [0, 0.05) is 65.0 Å². The molecule has 6 N–H and O–H groups in total. The molecule has 0 spiro atoms. The van der Waals surface area contributed by atoms with Gasteiger partial charge in [0.25, 0.3) is 0 Å². The summed E-state index contributed by atoms with van der Waals surface area (Å²) in [7, 11) is 0. The Kier molecular flexibility index (Phi) is 22.7. The number of rotatable bonds is 27. The topological polar surface area (TPSA) is 209 Å². The van der Waals surface area contributed by atoms with Crippen LogP contribution in [0.25, 0.3) is 0 Å². The number of hydrogen-bond donors (Lipinski definition) is 6. The molecule has 15 nitrogen and oxygen atoms in total. The van der Waals surface area contributed by atoms with Crippen molar-refractivity contribution in [2.45, 2.75) is 89.9 Å². The van der Waals surface area contributed by atoms with Gasteiger partial charge in [-0.05, 0) is 63.4 Å². The van der Waals surface area contributed by atoms with Crippen molar-refractivity contribution < 1.29 is 44.4 Å². The summed E-state index contributed by atoms with van der Waals surface area (Å²) in [6, 6.07) is 9.16. The van der Waals surface area contributed by atoms with E-state index in [0.717, 1.165) is 23.5 Å². The van der Waals surface area contributed by atoms with Crippen LogP contribution in [-0.4, -0.2) is 106 Å². The van der Waals surface area contributed by atoms with Crippen molar-refractivity contribution in [1.82, 2.24) is 31.1 Å². The number of unbranched alkanes of at least 4 members (excludes halogenated alkanes) is 6. The van der Waals surface area contributed by atoms with E-state index in [1.165, 1.54) is 0 Å². The Morgan fingerprint density at radius 1 is 0.553 bits per heavy atom. The Balaban J connectivity index is 2.00. The van der Waals surface area contributed by atoms with Crippen LogP contribution in [0.4, 0.5) is 0 Å². The molecule has 15 heteroatoms. The van der Waals surface area contributed by atoms with Gasteiger partial charge in [0.05, 0.1) is 6.42 Å². The molecule has 0 atom stereocenters. The van der Waals surface area contributed by atoms with Gasteiger partial charge in [-0.15, -0.1) is 0 Å². The lowest BCUT2D eigenvalue weighted by Gasteiger charge is -2.15. The summed E-state index contributed by atoms with van der Waals surface area (Å²) in [6.07, 6.45) is 6.10. The summed E-state index contributed by atoms with van der Waals surface area (Å²) in [6.45, 7) is 1.77. The van der Waals surface area contributed by atoms with E-state index in [1.807, 2.05) is 30.3 Å². The van der Waals surface area contributed by atoms with E-state index in [1.54, 1.807) is 0 Å². The summed E-state index contributed by atoms with van der Waals surface area (Å²) in [5.41, 5.74) is 0.825. The maximum atomic E-state index is 12.1. The molecule has 0 aliphatic rings. The van der Waals surface area contributed by atoms with E-state index in [-0.39, 0.29) is 69.5 Å². The summed E-state index contributed by atoms with van der Waals surface area (Å²) in [4.78, 5) is 70.2. The number of hydroxylamine groups is 6. The van der Waals surface area contributed by atoms with Crippen molar-refractivity contribution in [3.05, 3.63) is 35.9 Å². The van der Waals surface area contributed by atoms with Crippen LogP contribution in [0.2, 0.25) is 0 Å². The number of carbonyl (C=O) groups is 6. The van der Waals surface area contributed by atoms with E-state index < -0.39 is 11.8 Å². The van der Waals surface area contributed by atoms with Crippen LogP contribution in [0.15, 0.2) is 30.3 Å². The van der Waals surface area contributed by atoms with Gasteiger partial charge in [0.15, 0.2) is 0 Å². The highest BCUT2D eigenvalue weighted by atomic mass is 16.5. The van der Waals surface area contributed by atoms with Crippen LogP contribution in [0.3, 0.4) is 0 Å². The Bertz CT molecular complexity index is 1080. The Morgan fingerprint density at radius 3 is 1.43 bits per heavy atom. The van der Waals surface area contributed by atoms with E-state index >= 15 is 0 Å². The molecule has 264 valence electrons. The van der Waals surface area contributed by atoms with Crippen LogP contribution < -0.4 is 16.0 Å². The van der Waals surface area contributed by atoms with E-state index in [4.69, 9.17) is 0 Å². The molecular weight excluding hydrogens is 612 g/mol. The maximum Gasteiger partial charge on any atom is 0.250 e. The third-order valence-electron chi connectivity index (χ3n) is 7.21. The maximum absolute atomic E-state index is 12.1. The van der Waals surface area contributed by atoms with Crippen molar-refractivity contribution in [2.75, 3.05) is 39.3 Å². The normalized spacial score (nSPS) is 10.5. The molecule has 1 rings (SSSR count). The molecule has 6 amide bonds. The first-order chi connectivity index (χ1) is 22.6. The monoisotopic (exact) mass is 664 g/mol. The van der Waals surface area contributed by atoms with Crippen molar-refractivity contribution in [3.63, 3.8) is 0 Å². The molecule has 0 aliphatic carbocycles. The molecule has 0 saturated carbocycles. The minimum atomic E-state index is -0.561. The third-order valence-corrected chi connectivity index (χ3v) is 7.21. The van der Waals surface area contributed by atoms with Crippen LogP contribution in [0.5, 0.6) is 0 Å². The Labute approximate surface area is 276 Å². The quantitative estimate of drug-likeness (QED) is 0.0351. The minimum Gasteiger partial charge on any atom is -0.359 e. The van der Waals surface area contributed by atoms with Crippen LogP contribution in [0.1, 0.15) is 89.0 Å². The molecule has 0 unspecified atom stereocenters. The van der Waals surface area contributed by atoms with Crippen molar-refractivity contribution in [1.29, 1.82) is 0 Å². The predicted octanol–water partition coefficient (Wildman–Crippen LogP) is 1.93. The Morgan fingerprint density at radius 2 is 0.979 bits per heavy atom. The standard InChI is InChI=1S/C32H52N6O9/c39-26-33-19-7-2-10-22-36(45)30(42)17-15-28(40)34-20-8-3-11-23-37(46)31(43)18-16-29(41)35-21-9-4-12-24-38(47)32(44)25-27-13-5-1-6-14-27/h1,5-6,13-14,26,45-47H,2-4,7-12,15-25H2,(H,33,39)(H,34,40)(H,35,41). The van der Waals surface area contributed by atoms with Gasteiger partial charge in [-0.1, -0.05) is 30.3 Å². The minimum absolute atomic E-state index is 0.0498. The zero-order chi connectivity index (χ0) is 34.7. The van der Waals surface area contributed by atoms with Gasteiger partial charge in [0.1, 0.15) is 0 Å². The lowest BCUT2D eigenvalue weighted by molar-refractivity contribution is -0.166. The number of nitrogens with one attached hydrogen (secondary N) is 3. The van der Waals surface area contributed by atoms with E-state index in [9.17, 15) is 44.4 Å². The van der Waals surface area contributed by atoms with Gasteiger partial charge in [-0.2, -0.15) is 0 Å². The first kappa shape index (κ1) is 40.9. The second kappa shape index (κ2) is 26.0. The molecule has 0 aliphatic heterocycles. The number of benzene rings is 1. The van der Waals surface area contributed by atoms with E-state index in [0.29, 0.717) is 81.1 Å². The van der Waals surface area contributed by atoms with Crippen molar-refractivity contribution >= 4 is 35.9 Å². The van der Waals surface area contributed by atoms with Gasteiger partial charge in [0.2, 0.25) is 35.9 Å². The second-order valence-corrected chi connectivity index (χ2v) is 11.2. The van der Waals surface area contributed by atoms with Gasteiger partial charge >= 0.3 is 0 Å². The zero-order valence-electron chi connectivity index (χ0n) is 27.2. The number of amides is 6. The van der Waals surface area contributed by atoms with Crippen LogP contribution in [0, 0.1) is 0 Å². The fourth-order valence-corrected chi connectivity index (χ4v) is 4.42. The summed E-state index contributed by atoms with van der Waals surface area (Å²) in [5.74, 6) is -2.09. The Hall–Kier alpha value is -4.08. The predicted molar refractivity (Wildman–Crippen MR) is 171 cm³/mol. The smallest absolute Gasteiger partial charge is 0.250 e. The van der Waals surface area contributed by atoms with Crippen molar-refractivity contribution in [2.24, 2.45) is 0 Å². The first-order valence-electron chi connectivity index (χ1n) is 16.4. The average molecular weight is 665 g/mol. The molecule has 1 aromatic rings. The fraction of sp³-hybridized carbons (Fsp3) is 0.625. The van der Waals surface area contributed by atoms with Gasteiger partial charge in [-0.25, -0.2) is 15.2 Å². The summed E-state index contributed by atoms with van der Waals surface area (Å²) in [5, 5.41) is 39.5. The lowest BCUT2D eigenvalue weighted by atomic mass is 10.1. The molecule has 0 radical (unpaired) electrons. The largest absolute Gasteiger partial charge is 0.359 e. The molecule has 0 aromatic heterocycles. The van der Waals surface area contributed by atoms with E-state index in [2.05, 4.69) is 16.0 Å². The highest BCUT2D eigenvalue weighted by Gasteiger charge is 2.15. The molecule has 0 fully saturated rings. The second-order valence-electron chi connectivity index (χ2n) is 11.2. The fourth-order valence-electron chi connectivity index (χ4n) is 4.42. The highest BCUT2D eigenvalue weighted by Crippen LogP contribution is 2.05. The molecule has 0 saturated heterocycles. The summed E-state index contributed by atoms with van der Waals surface area (Å²) < 4.78 is 0. The van der Waals surface area contributed by atoms with Gasteiger partial charge in [-0.3, -0.25) is 44.4 Å². The van der Waals surface area contributed by atoms with Gasteiger partial charge < -0.3 is 16.0 Å². The van der Waals surface area contributed by atoms with Crippen LogP contribution >= 0.6 is 0 Å². The number of hydrogen-bond acceptors (Lipinski definition) is 9. The highest BCUT2D eigenvalue weighted by molar-refractivity contribution is 5.83. The first-order valence-corrected chi connectivity index (χ1v) is 16.4. The molecule has 1 aromatic carbocycles. The molecule has 0 bridgehead atoms. The SMILES string of the molecule is O=CNCCCCCN(O)C(=O)CCC(=O)NCCCCCN(O)C(=O)CCC(=O)NCCCCCN(O)C(=O)Cc1ccccc1. The number of carbonyl (C=O) groups excluding carboxylic acids is 6. The van der Waals surface area contributed by atoms with Crippen molar-refractivity contribution in [3.8, 4) is 0 Å². The third kappa shape index (κ3) is 21.4. The molecule has 0 heterocycles.